The predicted octanol–water partition coefficient (Wildman–Crippen LogP) is 3.95. The van der Waals surface area contributed by atoms with Crippen LogP contribution in [-0.2, 0) is 6.42 Å². The minimum Gasteiger partial charge on any atom is -0.329 e. The second kappa shape index (κ2) is 8.55. The van der Waals surface area contributed by atoms with Gasteiger partial charge in [-0.05, 0) is 30.2 Å². The van der Waals surface area contributed by atoms with Crippen LogP contribution in [0.4, 0.5) is 0 Å². The lowest BCUT2D eigenvalue weighted by Crippen LogP contribution is -2.57. The Morgan fingerprint density at radius 1 is 1.00 bits per heavy atom. The van der Waals surface area contributed by atoms with E-state index < -0.39 is 0 Å². The number of benzene rings is 1. The fourth-order valence-corrected chi connectivity index (χ4v) is 3.13. The maximum Gasteiger partial charge on any atom is 0.0369 e. The van der Waals surface area contributed by atoms with Gasteiger partial charge in [0.25, 0.3) is 0 Å². The molecule has 21 heavy (non-hydrogen) atoms. The summed E-state index contributed by atoms with van der Waals surface area (Å²) in [6, 6.07) is 10.8. The molecular formula is C19H34N2. The minimum absolute atomic E-state index is 0.0793. The third-order valence-corrected chi connectivity index (χ3v) is 4.26. The first-order valence-electron chi connectivity index (χ1n) is 8.42. The summed E-state index contributed by atoms with van der Waals surface area (Å²) in [6.45, 7) is 14.4. The van der Waals surface area contributed by atoms with E-state index in [0.29, 0.717) is 11.8 Å². The molecule has 0 aliphatic heterocycles. The maximum atomic E-state index is 6.28. The highest BCUT2D eigenvalue weighted by atomic mass is 15.2. The van der Waals surface area contributed by atoms with Gasteiger partial charge in [-0.3, -0.25) is 4.90 Å². The Morgan fingerprint density at radius 2 is 1.52 bits per heavy atom. The second-order valence-corrected chi connectivity index (χ2v) is 7.14. The van der Waals surface area contributed by atoms with Crippen molar-refractivity contribution >= 4 is 0 Å². The first-order chi connectivity index (χ1) is 9.93. The summed E-state index contributed by atoms with van der Waals surface area (Å²) in [5, 5.41) is 0. The third kappa shape index (κ3) is 5.44. The van der Waals surface area contributed by atoms with Crippen molar-refractivity contribution in [1.29, 1.82) is 0 Å². The lowest BCUT2D eigenvalue weighted by atomic mass is 9.85. The Hall–Kier alpha value is -0.860. The molecule has 2 nitrogen and oxygen atoms in total. The molecule has 0 radical (unpaired) electrons. The first kappa shape index (κ1) is 18.2. The van der Waals surface area contributed by atoms with E-state index in [2.05, 4.69) is 69.9 Å². The summed E-state index contributed by atoms with van der Waals surface area (Å²) in [5.41, 5.74) is 7.75. The van der Waals surface area contributed by atoms with Gasteiger partial charge < -0.3 is 5.73 Å². The van der Waals surface area contributed by atoms with Gasteiger partial charge in [0.05, 0.1) is 0 Å². The van der Waals surface area contributed by atoms with Crippen molar-refractivity contribution in [2.75, 3.05) is 19.6 Å². The van der Waals surface area contributed by atoms with Gasteiger partial charge in [0.15, 0.2) is 0 Å². The lowest BCUT2D eigenvalue weighted by molar-refractivity contribution is 0.0637. The van der Waals surface area contributed by atoms with Gasteiger partial charge in [-0.1, -0.05) is 65.0 Å². The topological polar surface area (TPSA) is 29.3 Å². The van der Waals surface area contributed by atoms with Crippen molar-refractivity contribution in [2.45, 2.75) is 53.0 Å². The summed E-state index contributed by atoms with van der Waals surface area (Å²) < 4.78 is 0. The van der Waals surface area contributed by atoms with E-state index in [-0.39, 0.29) is 5.54 Å². The largest absolute Gasteiger partial charge is 0.329 e. The summed E-state index contributed by atoms with van der Waals surface area (Å²) in [6.07, 6.45) is 2.14. The molecule has 0 aliphatic rings. The van der Waals surface area contributed by atoms with E-state index in [1.165, 1.54) is 5.56 Å². The standard InChI is InChI=1S/C19H34N2/c1-6-19(15-20,12-18-10-8-7-9-11-18)21(13-16(2)3)14-17(4)5/h7-11,16-17H,6,12-15,20H2,1-5H3. The van der Waals surface area contributed by atoms with Crippen LogP contribution in [0.2, 0.25) is 0 Å². The van der Waals surface area contributed by atoms with Crippen LogP contribution in [0.15, 0.2) is 30.3 Å². The van der Waals surface area contributed by atoms with Crippen molar-refractivity contribution in [3.63, 3.8) is 0 Å². The van der Waals surface area contributed by atoms with Crippen LogP contribution >= 0.6 is 0 Å². The van der Waals surface area contributed by atoms with Gasteiger partial charge >= 0.3 is 0 Å². The van der Waals surface area contributed by atoms with E-state index in [1.807, 2.05) is 0 Å². The smallest absolute Gasteiger partial charge is 0.0369 e. The molecule has 0 saturated heterocycles. The van der Waals surface area contributed by atoms with E-state index in [0.717, 1.165) is 32.5 Å². The summed E-state index contributed by atoms with van der Waals surface area (Å²) >= 11 is 0. The van der Waals surface area contributed by atoms with Crippen molar-refractivity contribution in [1.82, 2.24) is 4.90 Å². The van der Waals surface area contributed by atoms with E-state index in [4.69, 9.17) is 5.73 Å². The average Bonchev–Trinajstić information content (AvgIpc) is 2.44. The van der Waals surface area contributed by atoms with Crippen LogP contribution in [0.1, 0.15) is 46.6 Å². The van der Waals surface area contributed by atoms with Gasteiger partial charge in [0, 0.05) is 25.2 Å². The van der Waals surface area contributed by atoms with Gasteiger partial charge in [-0.15, -0.1) is 0 Å². The Labute approximate surface area is 131 Å². The molecule has 1 aromatic rings. The molecule has 2 heteroatoms. The Morgan fingerprint density at radius 3 is 1.90 bits per heavy atom. The van der Waals surface area contributed by atoms with Crippen molar-refractivity contribution in [3.05, 3.63) is 35.9 Å². The number of nitrogens with zero attached hydrogens (tertiary/aromatic N) is 1. The second-order valence-electron chi connectivity index (χ2n) is 7.14. The molecule has 0 saturated carbocycles. The molecule has 0 heterocycles. The quantitative estimate of drug-likeness (QED) is 0.746. The van der Waals surface area contributed by atoms with Crippen LogP contribution in [0.5, 0.6) is 0 Å². The summed E-state index contributed by atoms with van der Waals surface area (Å²) in [5.74, 6) is 1.33. The first-order valence-corrected chi connectivity index (χ1v) is 8.42. The number of nitrogens with two attached hydrogens (primary N) is 1. The molecule has 1 unspecified atom stereocenters. The van der Waals surface area contributed by atoms with Crippen molar-refractivity contribution < 1.29 is 0 Å². The van der Waals surface area contributed by atoms with Crippen molar-refractivity contribution in [2.24, 2.45) is 17.6 Å². The molecule has 1 rings (SSSR count). The van der Waals surface area contributed by atoms with E-state index in [9.17, 15) is 0 Å². The predicted molar refractivity (Wildman–Crippen MR) is 93.5 cm³/mol. The van der Waals surface area contributed by atoms with Crippen LogP contribution in [0, 0.1) is 11.8 Å². The highest BCUT2D eigenvalue weighted by Crippen LogP contribution is 2.26. The SMILES string of the molecule is CCC(CN)(Cc1ccccc1)N(CC(C)C)CC(C)C. The zero-order valence-corrected chi connectivity index (χ0v) is 14.6. The molecule has 2 N–H and O–H groups in total. The van der Waals surface area contributed by atoms with Gasteiger partial charge in [-0.25, -0.2) is 0 Å². The highest BCUT2D eigenvalue weighted by Gasteiger charge is 2.34. The van der Waals surface area contributed by atoms with Crippen molar-refractivity contribution in [3.8, 4) is 0 Å². The van der Waals surface area contributed by atoms with Gasteiger partial charge in [-0.2, -0.15) is 0 Å². The molecule has 0 spiro atoms. The molecule has 120 valence electrons. The number of rotatable bonds is 9. The molecule has 0 bridgehead atoms. The normalized spacial score (nSPS) is 14.9. The fraction of sp³-hybridized carbons (Fsp3) is 0.684. The van der Waals surface area contributed by atoms with Crippen LogP contribution < -0.4 is 5.73 Å². The number of hydrogen-bond acceptors (Lipinski definition) is 2. The van der Waals surface area contributed by atoms with Crippen LogP contribution in [0.3, 0.4) is 0 Å². The fourth-order valence-electron chi connectivity index (χ4n) is 3.13. The molecule has 0 fully saturated rings. The molecule has 0 aliphatic carbocycles. The maximum absolute atomic E-state index is 6.28. The zero-order chi connectivity index (χ0) is 15.9. The molecular weight excluding hydrogens is 256 g/mol. The van der Waals surface area contributed by atoms with Crippen LogP contribution in [0.25, 0.3) is 0 Å². The molecule has 0 aromatic heterocycles. The monoisotopic (exact) mass is 290 g/mol. The molecule has 1 aromatic carbocycles. The number of hydrogen-bond donors (Lipinski definition) is 1. The average molecular weight is 290 g/mol. The Balaban J connectivity index is 3.02. The van der Waals surface area contributed by atoms with E-state index >= 15 is 0 Å². The minimum atomic E-state index is 0.0793. The Kier molecular flexibility index (Phi) is 7.41. The Bertz CT molecular complexity index is 370. The van der Waals surface area contributed by atoms with E-state index in [1.54, 1.807) is 0 Å². The zero-order valence-electron chi connectivity index (χ0n) is 14.6. The summed E-state index contributed by atoms with van der Waals surface area (Å²) in [7, 11) is 0. The van der Waals surface area contributed by atoms with Gasteiger partial charge in [0.2, 0.25) is 0 Å². The molecule has 0 amide bonds. The highest BCUT2D eigenvalue weighted by molar-refractivity contribution is 5.18. The lowest BCUT2D eigenvalue weighted by Gasteiger charge is -2.45. The molecule has 1 atom stereocenters. The third-order valence-electron chi connectivity index (χ3n) is 4.26. The van der Waals surface area contributed by atoms with Gasteiger partial charge in [0.1, 0.15) is 0 Å². The summed E-state index contributed by atoms with van der Waals surface area (Å²) in [4.78, 5) is 2.65. The van der Waals surface area contributed by atoms with Crippen LogP contribution in [-0.4, -0.2) is 30.1 Å².